The molecule has 1 unspecified atom stereocenters. The van der Waals surface area contributed by atoms with Crippen LogP contribution in [-0.2, 0) is 14.2 Å². The van der Waals surface area contributed by atoms with Gasteiger partial charge in [-0.25, -0.2) is 0 Å². The lowest BCUT2D eigenvalue weighted by atomic mass is 9.99. The Morgan fingerprint density at radius 2 is 1.42 bits per heavy atom. The van der Waals surface area contributed by atoms with E-state index in [9.17, 15) is 0 Å². The first kappa shape index (κ1) is 18.9. The molecule has 116 valence electrons. The highest BCUT2D eigenvalue weighted by atomic mass is 16.9. The molecule has 0 heterocycles. The van der Waals surface area contributed by atoms with Gasteiger partial charge >= 0.3 is 0 Å². The highest BCUT2D eigenvalue weighted by molar-refractivity contribution is 4.67. The monoisotopic (exact) mass is 274 g/mol. The van der Waals surface area contributed by atoms with E-state index >= 15 is 0 Å². The summed E-state index contributed by atoms with van der Waals surface area (Å²) in [5, 5.41) is 0. The van der Waals surface area contributed by atoms with Crippen molar-refractivity contribution in [2.45, 2.75) is 78.1 Å². The molecule has 3 nitrogen and oxygen atoms in total. The summed E-state index contributed by atoms with van der Waals surface area (Å²) in [6, 6.07) is 0. The first-order chi connectivity index (χ1) is 9.16. The van der Waals surface area contributed by atoms with E-state index in [1.165, 1.54) is 38.5 Å². The average Bonchev–Trinajstić information content (AvgIpc) is 2.44. The Labute approximate surface area is 120 Å². The molecule has 3 heteroatoms. The number of hydrogen-bond donors (Lipinski definition) is 0. The van der Waals surface area contributed by atoms with Gasteiger partial charge in [-0.3, -0.25) is 0 Å². The van der Waals surface area contributed by atoms with E-state index in [1.807, 2.05) is 0 Å². The van der Waals surface area contributed by atoms with Crippen LogP contribution in [0.3, 0.4) is 0 Å². The fraction of sp³-hybridized carbons (Fsp3) is 1.00. The number of rotatable bonds is 13. The fourth-order valence-electron chi connectivity index (χ4n) is 2.40. The lowest BCUT2D eigenvalue weighted by molar-refractivity contribution is -0.386. The van der Waals surface area contributed by atoms with Crippen molar-refractivity contribution in [2.24, 2.45) is 5.92 Å². The van der Waals surface area contributed by atoms with Gasteiger partial charge in [0.1, 0.15) is 0 Å². The van der Waals surface area contributed by atoms with Crippen LogP contribution in [0, 0.1) is 5.92 Å². The normalized spacial score (nSPS) is 13.7. The fourth-order valence-corrected chi connectivity index (χ4v) is 2.40. The van der Waals surface area contributed by atoms with Crippen LogP contribution in [0.25, 0.3) is 0 Å². The molecule has 19 heavy (non-hydrogen) atoms. The Hall–Kier alpha value is -0.120. The third kappa shape index (κ3) is 7.28. The van der Waals surface area contributed by atoms with Crippen LogP contribution in [0.1, 0.15) is 72.1 Å². The summed E-state index contributed by atoms with van der Waals surface area (Å²) >= 11 is 0. The minimum atomic E-state index is -0.862. The minimum absolute atomic E-state index is 0.250. The van der Waals surface area contributed by atoms with E-state index in [-0.39, 0.29) is 5.92 Å². The van der Waals surface area contributed by atoms with Gasteiger partial charge in [0.15, 0.2) is 0 Å². The number of methoxy groups -OCH3 is 2. The van der Waals surface area contributed by atoms with Gasteiger partial charge < -0.3 is 14.2 Å². The van der Waals surface area contributed by atoms with Gasteiger partial charge in [0.05, 0.1) is 6.61 Å². The first-order valence-corrected chi connectivity index (χ1v) is 7.91. The van der Waals surface area contributed by atoms with Crippen molar-refractivity contribution in [2.75, 3.05) is 20.8 Å². The van der Waals surface area contributed by atoms with Gasteiger partial charge in [-0.1, -0.05) is 59.3 Å². The lowest BCUT2D eigenvalue weighted by Crippen LogP contribution is -2.43. The number of unbranched alkanes of at least 4 members (excludes halogenated alkanes) is 5. The number of ether oxygens (including phenoxy) is 3. The van der Waals surface area contributed by atoms with Gasteiger partial charge in [0.2, 0.25) is 0 Å². The van der Waals surface area contributed by atoms with Crippen molar-refractivity contribution in [3.8, 4) is 0 Å². The second kappa shape index (κ2) is 11.7. The Morgan fingerprint density at radius 1 is 0.842 bits per heavy atom. The van der Waals surface area contributed by atoms with Gasteiger partial charge in [-0.15, -0.1) is 0 Å². The highest BCUT2D eigenvalue weighted by Crippen LogP contribution is 2.29. The Bertz CT molecular complexity index is 190. The van der Waals surface area contributed by atoms with Gasteiger partial charge in [-0.05, 0) is 12.8 Å². The molecular formula is C16H34O3. The molecule has 0 rings (SSSR count). The van der Waals surface area contributed by atoms with Crippen molar-refractivity contribution in [1.82, 2.24) is 0 Å². The summed E-state index contributed by atoms with van der Waals surface area (Å²) in [5.74, 6) is -0.611. The summed E-state index contributed by atoms with van der Waals surface area (Å²) in [6.07, 6.45) is 9.92. The topological polar surface area (TPSA) is 27.7 Å². The van der Waals surface area contributed by atoms with Crippen molar-refractivity contribution >= 4 is 0 Å². The number of hydrogen-bond acceptors (Lipinski definition) is 3. The molecule has 0 aliphatic rings. The van der Waals surface area contributed by atoms with Crippen LogP contribution >= 0.6 is 0 Å². The largest absolute Gasteiger partial charge is 0.331 e. The maximum atomic E-state index is 5.79. The SMILES string of the molecule is CCCCCCCCC(C)C(OC)(OC)OCCC. The molecule has 0 saturated carbocycles. The Kier molecular flexibility index (Phi) is 11.6. The van der Waals surface area contributed by atoms with E-state index in [2.05, 4.69) is 20.8 Å². The van der Waals surface area contributed by atoms with E-state index in [1.54, 1.807) is 14.2 Å². The smallest absolute Gasteiger partial charge is 0.285 e. The van der Waals surface area contributed by atoms with Crippen LogP contribution < -0.4 is 0 Å². The molecule has 0 N–H and O–H groups in total. The molecular weight excluding hydrogens is 240 g/mol. The molecule has 0 aromatic carbocycles. The molecule has 0 aromatic heterocycles. The molecule has 0 spiro atoms. The quantitative estimate of drug-likeness (QED) is 0.358. The third-order valence-electron chi connectivity index (χ3n) is 3.67. The van der Waals surface area contributed by atoms with Crippen LogP contribution in [0.5, 0.6) is 0 Å². The van der Waals surface area contributed by atoms with Crippen molar-refractivity contribution < 1.29 is 14.2 Å². The van der Waals surface area contributed by atoms with Gasteiger partial charge in [-0.2, -0.15) is 0 Å². The first-order valence-electron chi connectivity index (χ1n) is 7.91. The predicted molar refractivity (Wildman–Crippen MR) is 80.1 cm³/mol. The highest BCUT2D eigenvalue weighted by Gasteiger charge is 2.37. The molecule has 1 atom stereocenters. The molecule has 0 amide bonds. The maximum Gasteiger partial charge on any atom is 0.285 e. The molecule has 0 fully saturated rings. The van der Waals surface area contributed by atoms with E-state index in [0.29, 0.717) is 6.61 Å². The Morgan fingerprint density at radius 3 is 1.95 bits per heavy atom. The van der Waals surface area contributed by atoms with Crippen molar-refractivity contribution in [1.29, 1.82) is 0 Å². The summed E-state index contributed by atoms with van der Waals surface area (Å²) < 4.78 is 16.8. The lowest BCUT2D eigenvalue weighted by Gasteiger charge is -2.35. The Balaban J connectivity index is 4.00. The zero-order chi connectivity index (χ0) is 14.6. The third-order valence-corrected chi connectivity index (χ3v) is 3.67. The van der Waals surface area contributed by atoms with Crippen molar-refractivity contribution in [3.05, 3.63) is 0 Å². The van der Waals surface area contributed by atoms with Crippen LogP contribution in [0.2, 0.25) is 0 Å². The summed E-state index contributed by atoms with van der Waals surface area (Å²) in [4.78, 5) is 0. The zero-order valence-electron chi connectivity index (χ0n) is 13.7. The van der Waals surface area contributed by atoms with Gasteiger partial charge in [0.25, 0.3) is 5.97 Å². The second-order valence-electron chi connectivity index (χ2n) is 5.32. The van der Waals surface area contributed by atoms with E-state index < -0.39 is 5.97 Å². The van der Waals surface area contributed by atoms with Gasteiger partial charge in [0, 0.05) is 20.1 Å². The molecule has 0 saturated heterocycles. The van der Waals surface area contributed by atoms with Crippen molar-refractivity contribution in [3.63, 3.8) is 0 Å². The predicted octanol–water partition coefficient (Wildman–Crippen LogP) is 4.75. The summed E-state index contributed by atoms with van der Waals surface area (Å²) in [5.41, 5.74) is 0. The standard InChI is InChI=1S/C16H34O3/c1-6-8-9-10-11-12-13-15(3)16(17-4,18-5)19-14-7-2/h15H,6-14H2,1-5H3. The average molecular weight is 274 g/mol. The van der Waals surface area contributed by atoms with E-state index in [4.69, 9.17) is 14.2 Å². The molecule has 0 radical (unpaired) electrons. The molecule has 0 aliphatic carbocycles. The molecule has 0 aliphatic heterocycles. The molecule has 0 bridgehead atoms. The molecule has 0 aromatic rings. The van der Waals surface area contributed by atoms with Crippen LogP contribution in [0.15, 0.2) is 0 Å². The summed E-state index contributed by atoms with van der Waals surface area (Å²) in [6.45, 7) is 7.16. The summed E-state index contributed by atoms with van der Waals surface area (Å²) in [7, 11) is 3.33. The van der Waals surface area contributed by atoms with Crippen LogP contribution in [-0.4, -0.2) is 26.8 Å². The van der Waals surface area contributed by atoms with E-state index in [0.717, 1.165) is 12.8 Å². The zero-order valence-corrected chi connectivity index (χ0v) is 13.7. The minimum Gasteiger partial charge on any atom is -0.331 e. The maximum absolute atomic E-state index is 5.79. The van der Waals surface area contributed by atoms with Crippen LogP contribution in [0.4, 0.5) is 0 Å². The second-order valence-corrected chi connectivity index (χ2v) is 5.32.